The van der Waals surface area contributed by atoms with E-state index >= 15 is 0 Å². The van der Waals surface area contributed by atoms with Crippen molar-refractivity contribution < 1.29 is 112 Å². The number of aromatic nitrogens is 1. The molecule has 6 fully saturated rings. The summed E-state index contributed by atoms with van der Waals surface area (Å²) in [7, 11) is 4.06. The molecule has 4 N–H and O–H groups in total. The normalized spacial score (nSPS) is 16.2. The summed E-state index contributed by atoms with van der Waals surface area (Å²) in [5.74, 6) is 4.24. The van der Waals surface area contributed by atoms with E-state index in [0.29, 0.717) is 106 Å². The van der Waals surface area contributed by atoms with Gasteiger partial charge in [-0.25, -0.2) is 8.37 Å². The number of rotatable bonds is 30. The molecular weight excluding hydrogens is 1550 g/mol. The number of nitrogens with two attached hydrogens (primary N) is 1. The van der Waals surface area contributed by atoms with E-state index in [4.69, 9.17) is 83.7 Å². The highest BCUT2D eigenvalue weighted by molar-refractivity contribution is 7.81. The lowest BCUT2D eigenvalue weighted by molar-refractivity contribution is -0.385. The third-order valence-electron chi connectivity index (χ3n) is 18.2. The maximum absolute atomic E-state index is 11.6. The smallest absolute Gasteiger partial charge is 0.399 e. The second-order valence-electron chi connectivity index (χ2n) is 26.5. The van der Waals surface area contributed by atoms with Gasteiger partial charge in [-0.15, -0.1) is 0 Å². The number of morpholine rings is 5. The van der Waals surface area contributed by atoms with E-state index in [0.717, 1.165) is 194 Å². The van der Waals surface area contributed by atoms with Gasteiger partial charge in [0.1, 0.15) is 0 Å². The lowest BCUT2D eigenvalue weighted by atomic mass is 10.1. The predicted octanol–water partition coefficient (Wildman–Crippen LogP) is 9.36. The number of ether oxygens (including phenoxy) is 14. The largest absolute Gasteiger partial charge is 0.504 e. The molecule has 0 unspecified atom stereocenters. The first-order chi connectivity index (χ1) is 56.0. The third-order valence-corrected chi connectivity index (χ3v) is 19.5. The molecule has 6 aliphatic rings. The molecule has 5 aromatic carbocycles. The molecule has 7 heterocycles. The van der Waals surface area contributed by atoms with Crippen molar-refractivity contribution in [2.24, 2.45) is 0 Å². The molecule has 33 nitrogen and oxygen atoms in total. The molecule has 0 amide bonds. The fourth-order valence-electron chi connectivity index (χ4n) is 11.8. The molecular formula is C81H115ClN8O25S. The third kappa shape index (κ3) is 34.8. The van der Waals surface area contributed by atoms with E-state index in [1.165, 1.54) is 66.2 Å². The number of benzene rings is 5. The number of phenolic OH excluding ortho intramolecular Hbond substituents is 1. The number of anilines is 1. The van der Waals surface area contributed by atoms with Gasteiger partial charge in [-0.2, -0.15) is 8.42 Å². The first-order valence-electron chi connectivity index (χ1n) is 38.6. The van der Waals surface area contributed by atoms with Gasteiger partial charge in [0.2, 0.25) is 0 Å². The monoisotopic (exact) mass is 1670 g/mol. The van der Waals surface area contributed by atoms with Gasteiger partial charge in [0.15, 0.2) is 80.6 Å². The summed E-state index contributed by atoms with van der Waals surface area (Å²) in [5.41, 5.74) is 8.47. The molecule has 642 valence electrons. The minimum Gasteiger partial charge on any atom is -0.504 e. The molecule has 1 aromatic heterocycles. The highest BCUT2D eigenvalue weighted by atomic mass is 35.5. The van der Waals surface area contributed by atoms with Gasteiger partial charge in [-0.3, -0.25) is 53.9 Å². The Kier molecular flexibility index (Phi) is 44.2. The zero-order valence-corrected chi connectivity index (χ0v) is 69.7. The van der Waals surface area contributed by atoms with E-state index in [2.05, 4.69) is 38.3 Å². The number of ketones is 4. The average molecular weight is 1670 g/mol. The Balaban J connectivity index is 0.000000218. The highest BCUT2D eigenvalue weighted by Crippen LogP contribution is 2.38. The van der Waals surface area contributed by atoms with E-state index in [9.17, 15) is 42.8 Å². The average Bonchev–Trinajstić information content (AvgIpc) is 0.796. The van der Waals surface area contributed by atoms with Gasteiger partial charge < -0.3 is 82.5 Å². The van der Waals surface area contributed by atoms with Gasteiger partial charge in [-0.05, 0) is 114 Å². The predicted molar refractivity (Wildman–Crippen MR) is 437 cm³/mol. The molecule has 0 spiro atoms. The quantitative estimate of drug-likeness (QED) is 0.0124. The van der Waals surface area contributed by atoms with Gasteiger partial charge in [-0.1, -0.05) is 11.6 Å². The van der Waals surface area contributed by atoms with Crippen LogP contribution >= 0.6 is 11.6 Å². The number of halogens is 1. The zero-order valence-electron chi connectivity index (χ0n) is 68.1. The number of fused-ring (bicyclic) bond motifs is 1. The van der Waals surface area contributed by atoms with Crippen molar-refractivity contribution in [3.8, 4) is 57.5 Å². The first kappa shape index (κ1) is 96.0. The second-order valence-corrected chi connectivity index (χ2v) is 28.2. The fraction of sp³-hybridized carbons (Fsp3) is 0.543. The Morgan fingerprint density at radius 2 is 0.862 bits per heavy atom. The summed E-state index contributed by atoms with van der Waals surface area (Å²) >= 11 is 6.20. The summed E-state index contributed by atoms with van der Waals surface area (Å²) in [5, 5.41) is 25.0. The van der Waals surface area contributed by atoms with Gasteiger partial charge in [0.05, 0.1) is 168 Å². The summed E-state index contributed by atoms with van der Waals surface area (Å²) < 4.78 is 104. The second kappa shape index (κ2) is 53.5. The van der Waals surface area contributed by atoms with Crippen LogP contribution in [-0.2, 0) is 42.4 Å². The number of nitrogens with zero attached hydrogens (tertiary/aromatic N) is 6. The highest BCUT2D eigenvalue weighted by Gasteiger charge is 2.24. The Labute approximate surface area is 684 Å². The van der Waals surface area contributed by atoms with Crippen molar-refractivity contribution in [1.82, 2.24) is 29.9 Å². The number of carbonyl (C=O) groups excluding carboxylic acids is 4. The van der Waals surface area contributed by atoms with Gasteiger partial charge in [0.25, 0.3) is 5.69 Å². The maximum atomic E-state index is 11.6. The van der Waals surface area contributed by atoms with Crippen LogP contribution in [0.15, 0.2) is 85.1 Å². The number of carbonyl (C=O) groups is 4. The number of Topliss-reactive ketones (excluding diaryl/α,β-unsaturated/α-hetero) is 4. The van der Waals surface area contributed by atoms with Crippen molar-refractivity contribution >= 4 is 67.4 Å². The lowest BCUT2D eigenvalue weighted by Gasteiger charge is -2.26. The van der Waals surface area contributed by atoms with Crippen LogP contribution in [0, 0.1) is 10.1 Å². The zero-order chi connectivity index (χ0) is 84.0. The Morgan fingerprint density at radius 1 is 0.483 bits per heavy atom. The summed E-state index contributed by atoms with van der Waals surface area (Å²) in [6.45, 7) is 30.4. The number of pyridine rings is 1. The molecule has 12 rings (SSSR count). The molecule has 0 aliphatic carbocycles. The number of nitrogen functional groups attached to an aromatic ring is 1. The van der Waals surface area contributed by atoms with Crippen LogP contribution in [0.4, 0.5) is 11.4 Å². The van der Waals surface area contributed by atoms with Crippen molar-refractivity contribution in [1.29, 1.82) is 0 Å². The number of hydrogen-bond acceptors (Lipinski definition) is 32. The van der Waals surface area contributed by atoms with Crippen molar-refractivity contribution in [2.75, 3.05) is 239 Å². The van der Waals surface area contributed by atoms with E-state index in [-0.39, 0.29) is 59.1 Å². The number of nitro benzene ring substituents is 1. The summed E-state index contributed by atoms with van der Waals surface area (Å²) in [6.07, 6.45) is 5.96. The van der Waals surface area contributed by atoms with Crippen LogP contribution in [-0.4, -0.2) is 299 Å². The van der Waals surface area contributed by atoms with Crippen LogP contribution in [0.25, 0.3) is 10.9 Å². The van der Waals surface area contributed by atoms with Crippen LogP contribution < -0.4 is 53.7 Å². The molecule has 0 bridgehead atoms. The van der Waals surface area contributed by atoms with Crippen molar-refractivity contribution in [3.05, 3.63) is 122 Å². The minimum atomic E-state index is -3.58. The standard InChI is InChI=1S/C17H21ClN2O3.C16H22N2O6.C16H24N2O4.C16H23NO4.C9H10O3.C4H9NO.C3H6O4S/c1-21-16-11-13-14(18)3-4-19-15(13)12-17(16)23-8-2-5-20-6-9-22-10-7-20;1-12(19)13-10-15(22-2)16(11-14(13)18(20)21)24-7-3-4-17-5-8-23-9-6-17;1-12(19)13-10-15(20-2)16(11-14(13)17)22-7-3-4-18-5-8-21-9-6-18;1-13(18)14-4-5-15(16(12-14)19-2)21-9-3-6-17-7-10-20-11-8-17;1-6(10)7-3-4-8(11)9(5-7)12-2;1-3-6-4-2-5-1;4-8(5)6-2-1-3-7-8/h3-4,11-12H,2,5-10H2,1H3;10-11H,3-9H2,1-2H3;10-11H,3-9,17H2,1-2H3;4-5,12H,3,6-11H2,1-2H3;3-5,11H,1-2H3;5H,1-4H2;1-3H2. The molecule has 35 heteroatoms. The first-order valence-corrected chi connectivity index (χ1v) is 40.3. The van der Waals surface area contributed by atoms with E-state index < -0.39 is 15.3 Å². The maximum Gasteiger partial charge on any atom is 0.399 e. The van der Waals surface area contributed by atoms with Crippen LogP contribution in [0.5, 0.6) is 57.5 Å². The number of methoxy groups -OCH3 is 5. The number of aromatic hydroxyl groups is 1. The number of hydrogen-bond donors (Lipinski definition) is 3. The molecule has 6 aliphatic heterocycles. The van der Waals surface area contributed by atoms with Crippen LogP contribution in [0.3, 0.4) is 0 Å². The number of nitro groups is 1. The Bertz CT molecular complexity index is 4080. The fourth-order valence-corrected chi connectivity index (χ4v) is 12.7. The molecule has 116 heavy (non-hydrogen) atoms. The molecule has 6 saturated heterocycles. The molecule has 0 radical (unpaired) electrons. The summed E-state index contributed by atoms with van der Waals surface area (Å²) in [6, 6.07) is 21.2. The minimum absolute atomic E-state index is 0.0116. The van der Waals surface area contributed by atoms with E-state index in [1.807, 2.05) is 12.1 Å². The van der Waals surface area contributed by atoms with Crippen LogP contribution in [0.1, 0.15) is 101 Å². The van der Waals surface area contributed by atoms with Crippen LogP contribution in [0.2, 0.25) is 5.02 Å². The molecule has 6 aromatic rings. The Hall–Kier alpha value is -8.85. The lowest BCUT2D eigenvalue weighted by Crippen LogP contribution is -2.37. The van der Waals surface area contributed by atoms with Gasteiger partial charge >= 0.3 is 10.4 Å². The number of phenols is 1. The SMILES string of the molecule is C1COCCN1.COc1cc(C(C)=O)c(N)cc1OCCCN1CCOCC1.COc1cc(C(C)=O)c([N+](=O)[O-])cc1OCCCN1CCOCC1.COc1cc(C(C)=O)ccc1O.COc1cc(C(C)=O)ccc1OCCCN1CCOCC1.COc1cc2c(Cl)ccnc2cc1OCCCN1CCOCC1.O=S1(=O)OCCCO1. The Morgan fingerprint density at radius 3 is 1.24 bits per heavy atom. The van der Waals surface area contributed by atoms with Crippen molar-refractivity contribution in [3.63, 3.8) is 0 Å². The summed E-state index contributed by atoms with van der Waals surface area (Å²) in [4.78, 5) is 69.6. The molecule has 0 saturated carbocycles. The molecule has 0 atom stereocenters. The van der Waals surface area contributed by atoms with Gasteiger partial charge in [0, 0.05) is 144 Å². The van der Waals surface area contributed by atoms with Crippen molar-refractivity contribution in [2.45, 2.75) is 59.8 Å². The topological polar surface area (TPSA) is 377 Å². The van der Waals surface area contributed by atoms with E-state index in [1.54, 1.807) is 70.0 Å². The number of nitrogens with one attached hydrogen (secondary N) is 1.